The minimum Gasteiger partial charge on any atom is -0.309 e. The predicted octanol–water partition coefficient (Wildman–Crippen LogP) is 5.31. The lowest BCUT2D eigenvalue weighted by atomic mass is 10.1. The van der Waals surface area contributed by atoms with Crippen LogP contribution in [0.1, 0.15) is 43.2 Å². The second-order valence-electron chi connectivity index (χ2n) is 5.03. The van der Waals surface area contributed by atoms with E-state index in [0.717, 1.165) is 35.4 Å². The zero-order valence-corrected chi connectivity index (χ0v) is 13.2. The van der Waals surface area contributed by atoms with Gasteiger partial charge in [-0.25, -0.2) is 4.39 Å². The van der Waals surface area contributed by atoms with Gasteiger partial charge in [0.1, 0.15) is 5.82 Å². The number of nitrogens with one attached hydrogen (secondary N) is 1. The Morgan fingerprint density at radius 1 is 1.20 bits per heavy atom. The normalized spacial score (nSPS) is 12.6. The lowest BCUT2D eigenvalue weighted by molar-refractivity contribution is 0.525. The third-order valence-electron chi connectivity index (χ3n) is 3.55. The molecular weight excluding hydrogens is 269 g/mol. The second-order valence-corrected chi connectivity index (χ2v) is 6.14. The molecule has 0 amide bonds. The Morgan fingerprint density at radius 3 is 2.70 bits per heavy atom. The maximum atomic E-state index is 13.7. The first-order chi connectivity index (χ1) is 9.67. The van der Waals surface area contributed by atoms with Gasteiger partial charge in [-0.3, -0.25) is 0 Å². The van der Waals surface area contributed by atoms with Gasteiger partial charge in [-0.2, -0.15) is 0 Å². The van der Waals surface area contributed by atoms with Gasteiger partial charge >= 0.3 is 0 Å². The fourth-order valence-corrected chi connectivity index (χ4v) is 3.57. The second kappa shape index (κ2) is 7.00. The summed E-state index contributed by atoms with van der Waals surface area (Å²) in [6.45, 7) is 7.25. The summed E-state index contributed by atoms with van der Waals surface area (Å²) < 4.78 is 13.7. The molecule has 3 heteroatoms. The smallest absolute Gasteiger partial charge is 0.126 e. The molecule has 1 atom stereocenters. The van der Waals surface area contributed by atoms with Crippen LogP contribution in [0.4, 0.5) is 4.39 Å². The van der Waals surface area contributed by atoms with E-state index in [4.69, 9.17) is 0 Å². The molecule has 0 bridgehead atoms. The van der Waals surface area contributed by atoms with Crippen molar-refractivity contribution in [3.05, 3.63) is 46.6 Å². The van der Waals surface area contributed by atoms with Gasteiger partial charge in [0, 0.05) is 15.8 Å². The lowest BCUT2D eigenvalue weighted by Crippen LogP contribution is -2.20. The van der Waals surface area contributed by atoms with E-state index in [9.17, 15) is 4.39 Å². The highest BCUT2D eigenvalue weighted by Gasteiger charge is 2.13. The highest BCUT2D eigenvalue weighted by atomic mass is 32.1. The molecule has 1 heterocycles. The molecule has 20 heavy (non-hydrogen) atoms. The summed E-state index contributed by atoms with van der Waals surface area (Å²) in [5.41, 5.74) is 1.74. The molecule has 0 fully saturated rings. The molecule has 1 nitrogen and oxygen atoms in total. The topological polar surface area (TPSA) is 12.0 Å². The molecule has 0 aliphatic heterocycles. The van der Waals surface area contributed by atoms with Crippen LogP contribution in [0.25, 0.3) is 10.4 Å². The fraction of sp³-hybridized carbons (Fsp3) is 0.412. The molecule has 1 N–H and O–H groups in total. The van der Waals surface area contributed by atoms with Crippen molar-refractivity contribution in [3.63, 3.8) is 0 Å². The molecule has 0 aliphatic carbocycles. The van der Waals surface area contributed by atoms with Crippen LogP contribution in [0.15, 0.2) is 30.3 Å². The van der Waals surface area contributed by atoms with E-state index in [1.807, 2.05) is 13.0 Å². The molecular formula is C17H22FNS. The van der Waals surface area contributed by atoms with E-state index in [-0.39, 0.29) is 5.82 Å². The van der Waals surface area contributed by atoms with Gasteiger partial charge < -0.3 is 5.32 Å². The summed E-state index contributed by atoms with van der Waals surface area (Å²) in [5.74, 6) is -0.131. The number of benzene rings is 1. The molecule has 108 valence electrons. The van der Waals surface area contributed by atoms with E-state index in [1.165, 1.54) is 10.9 Å². The van der Waals surface area contributed by atoms with Crippen molar-refractivity contribution < 1.29 is 4.39 Å². The molecule has 2 rings (SSSR count). The molecule has 0 aliphatic rings. The van der Waals surface area contributed by atoms with Crippen LogP contribution in [-0.4, -0.2) is 6.54 Å². The van der Waals surface area contributed by atoms with Gasteiger partial charge in [-0.15, -0.1) is 11.3 Å². The number of hydrogen-bond acceptors (Lipinski definition) is 2. The van der Waals surface area contributed by atoms with Crippen LogP contribution in [0.3, 0.4) is 0 Å². The third-order valence-corrected chi connectivity index (χ3v) is 4.78. The average Bonchev–Trinajstić information content (AvgIpc) is 2.92. The van der Waals surface area contributed by atoms with Crippen molar-refractivity contribution in [1.82, 2.24) is 5.32 Å². The lowest BCUT2D eigenvalue weighted by Gasteiger charge is -2.14. The van der Waals surface area contributed by atoms with Crippen LogP contribution in [0.5, 0.6) is 0 Å². The Bertz CT molecular complexity index is 562. The van der Waals surface area contributed by atoms with Gasteiger partial charge in [0.25, 0.3) is 0 Å². The summed E-state index contributed by atoms with van der Waals surface area (Å²) >= 11 is 1.76. The van der Waals surface area contributed by atoms with E-state index < -0.39 is 0 Å². The summed E-state index contributed by atoms with van der Waals surface area (Å²) in [4.78, 5) is 2.48. The van der Waals surface area contributed by atoms with Crippen molar-refractivity contribution in [2.24, 2.45) is 0 Å². The fourth-order valence-electron chi connectivity index (χ4n) is 2.32. The molecule has 0 spiro atoms. The van der Waals surface area contributed by atoms with Crippen LogP contribution in [0.2, 0.25) is 0 Å². The summed E-state index contributed by atoms with van der Waals surface area (Å²) in [6.07, 6.45) is 2.21. The van der Waals surface area contributed by atoms with E-state index in [2.05, 4.69) is 31.3 Å². The number of thiophene rings is 1. The monoisotopic (exact) mass is 291 g/mol. The van der Waals surface area contributed by atoms with Crippen molar-refractivity contribution in [3.8, 4) is 10.4 Å². The van der Waals surface area contributed by atoms with Gasteiger partial charge in [0.15, 0.2) is 0 Å². The summed E-state index contributed by atoms with van der Waals surface area (Å²) in [6, 6.07) is 9.98. The van der Waals surface area contributed by atoms with Gasteiger partial charge in [-0.05, 0) is 55.6 Å². The van der Waals surface area contributed by atoms with Crippen LogP contribution in [-0.2, 0) is 0 Å². The first kappa shape index (κ1) is 15.2. The third kappa shape index (κ3) is 3.28. The first-order valence-electron chi connectivity index (χ1n) is 7.26. The Balaban J connectivity index is 2.26. The minimum absolute atomic E-state index is 0.131. The van der Waals surface area contributed by atoms with Crippen LogP contribution >= 0.6 is 11.3 Å². The van der Waals surface area contributed by atoms with E-state index >= 15 is 0 Å². The average molecular weight is 291 g/mol. The number of halogens is 1. The Labute approximate surface area is 124 Å². The zero-order valence-electron chi connectivity index (χ0n) is 12.4. The maximum absolute atomic E-state index is 13.7. The molecule has 0 saturated heterocycles. The summed E-state index contributed by atoms with van der Waals surface area (Å²) in [5, 5.41) is 3.56. The predicted molar refractivity (Wildman–Crippen MR) is 85.8 cm³/mol. The van der Waals surface area contributed by atoms with E-state index in [1.54, 1.807) is 17.4 Å². The Kier molecular flexibility index (Phi) is 5.32. The Morgan fingerprint density at radius 2 is 2.00 bits per heavy atom. The molecule has 0 saturated carbocycles. The minimum atomic E-state index is -0.131. The quantitative estimate of drug-likeness (QED) is 0.760. The largest absolute Gasteiger partial charge is 0.309 e. The number of rotatable bonds is 6. The van der Waals surface area contributed by atoms with Crippen molar-refractivity contribution in [2.45, 2.75) is 39.7 Å². The van der Waals surface area contributed by atoms with Crippen LogP contribution in [0, 0.1) is 12.7 Å². The van der Waals surface area contributed by atoms with Crippen molar-refractivity contribution in [1.29, 1.82) is 0 Å². The van der Waals surface area contributed by atoms with E-state index in [0.29, 0.717) is 6.04 Å². The summed E-state index contributed by atoms with van der Waals surface area (Å²) in [7, 11) is 0. The van der Waals surface area contributed by atoms with Crippen LogP contribution < -0.4 is 5.32 Å². The molecule has 1 unspecified atom stereocenters. The number of hydrogen-bond donors (Lipinski definition) is 1. The van der Waals surface area contributed by atoms with Crippen molar-refractivity contribution in [2.75, 3.05) is 6.54 Å². The van der Waals surface area contributed by atoms with Crippen molar-refractivity contribution >= 4 is 11.3 Å². The van der Waals surface area contributed by atoms with Gasteiger partial charge in [0.2, 0.25) is 0 Å². The highest BCUT2D eigenvalue weighted by molar-refractivity contribution is 7.15. The van der Waals surface area contributed by atoms with Gasteiger partial charge in [0.05, 0.1) is 0 Å². The maximum Gasteiger partial charge on any atom is 0.126 e. The SMILES string of the molecule is CCCNC(CC)c1ccc(-c2cccc(F)c2C)s1. The Hall–Kier alpha value is -1.19. The zero-order chi connectivity index (χ0) is 14.5. The van der Waals surface area contributed by atoms with Gasteiger partial charge in [-0.1, -0.05) is 26.0 Å². The highest BCUT2D eigenvalue weighted by Crippen LogP contribution is 2.34. The standard InChI is InChI=1S/C17H22FNS/c1-4-11-19-15(5-2)17-10-9-16(20-17)13-7-6-8-14(18)12(13)3/h6-10,15,19H,4-5,11H2,1-3H3. The molecule has 2 aromatic rings. The molecule has 1 aromatic heterocycles. The molecule has 1 aromatic carbocycles. The molecule has 0 radical (unpaired) electrons. The first-order valence-corrected chi connectivity index (χ1v) is 8.07.